The van der Waals surface area contributed by atoms with E-state index < -0.39 is 0 Å². The van der Waals surface area contributed by atoms with E-state index in [1.54, 1.807) is 7.05 Å². The summed E-state index contributed by atoms with van der Waals surface area (Å²) in [6.45, 7) is 4.23. The fourth-order valence-electron chi connectivity index (χ4n) is 1.94. The van der Waals surface area contributed by atoms with Gasteiger partial charge in [-0.1, -0.05) is 18.2 Å². The Morgan fingerprint density at radius 2 is 2.00 bits per heavy atom. The highest BCUT2D eigenvalue weighted by Gasteiger charge is 2.09. The first kappa shape index (κ1) is 12.7. The van der Waals surface area contributed by atoms with Crippen LogP contribution in [0.3, 0.4) is 0 Å². The SMILES string of the molecule is Cc1ccc(CC(N)Cc2nnn(C)n2)cc1C. The van der Waals surface area contributed by atoms with Crippen molar-refractivity contribution in [2.45, 2.75) is 32.7 Å². The quantitative estimate of drug-likeness (QED) is 0.870. The summed E-state index contributed by atoms with van der Waals surface area (Å²) < 4.78 is 0. The average Bonchev–Trinajstić information content (AvgIpc) is 2.69. The maximum atomic E-state index is 6.12. The number of hydrogen-bond donors (Lipinski definition) is 1. The van der Waals surface area contributed by atoms with Gasteiger partial charge in [0.25, 0.3) is 0 Å². The van der Waals surface area contributed by atoms with Crippen LogP contribution in [0.1, 0.15) is 22.5 Å². The predicted molar refractivity (Wildman–Crippen MR) is 70.1 cm³/mol. The molecule has 0 amide bonds. The molecular formula is C13H19N5. The molecule has 0 spiro atoms. The molecule has 2 aromatic rings. The molecule has 2 N–H and O–H groups in total. The number of tetrazole rings is 1. The molecule has 0 fully saturated rings. The van der Waals surface area contributed by atoms with Crippen LogP contribution < -0.4 is 5.73 Å². The normalized spacial score (nSPS) is 12.7. The van der Waals surface area contributed by atoms with E-state index in [1.165, 1.54) is 21.5 Å². The molecule has 2 rings (SSSR count). The summed E-state index contributed by atoms with van der Waals surface area (Å²) in [5.74, 6) is 0.703. The largest absolute Gasteiger partial charge is 0.327 e. The highest BCUT2D eigenvalue weighted by molar-refractivity contribution is 5.30. The standard InChI is InChI=1S/C13H19N5/c1-9-4-5-11(6-10(9)2)7-12(14)8-13-15-17-18(3)16-13/h4-6,12H,7-8,14H2,1-3H3. The van der Waals surface area contributed by atoms with Crippen LogP contribution in [-0.2, 0) is 19.9 Å². The predicted octanol–water partition coefficient (Wildman–Crippen LogP) is 0.939. The summed E-state index contributed by atoms with van der Waals surface area (Å²) in [6, 6.07) is 6.49. The molecule has 96 valence electrons. The third-order valence-electron chi connectivity index (χ3n) is 3.06. The van der Waals surface area contributed by atoms with E-state index in [1.807, 2.05) is 0 Å². The van der Waals surface area contributed by atoms with E-state index in [0.29, 0.717) is 12.2 Å². The number of hydrogen-bond acceptors (Lipinski definition) is 4. The summed E-state index contributed by atoms with van der Waals surface area (Å²) in [6.07, 6.45) is 1.49. The van der Waals surface area contributed by atoms with Crippen molar-refractivity contribution < 1.29 is 0 Å². The van der Waals surface area contributed by atoms with Gasteiger partial charge in [-0.15, -0.1) is 10.2 Å². The Labute approximate surface area is 107 Å². The summed E-state index contributed by atoms with van der Waals surface area (Å²) >= 11 is 0. The monoisotopic (exact) mass is 245 g/mol. The van der Waals surface area contributed by atoms with Gasteiger partial charge in [0.2, 0.25) is 0 Å². The maximum absolute atomic E-state index is 6.12. The highest BCUT2D eigenvalue weighted by Crippen LogP contribution is 2.11. The summed E-state index contributed by atoms with van der Waals surface area (Å²) in [5, 5.41) is 11.9. The van der Waals surface area contributed by atoms with E-state index in [-0.39, 0.29) is 6.04 Å². The molecule has 1 heterocycles. The lowest BCUT2D eigenvalue weighted by atomic mass is 10.00. The van der Waals surface area contributed by atoms with Crippen LogP contribution in [0.25, 0.3) is 0 Å². The van der Waals surface area contributed by atoms with Crippen molar-refractivity contribution in [3.8, 4) is 0 Å². The fraction of sp³-hybridized carbons (Fsp3) is 0.462. The first-order chi connectivity index (χ1) is 8.54. The average molecular weight is 245 g/mol. The minimum Gasteiger partial charge on any atom is -0.327 e. The number of nitrogens with zero attached hydrogens (tertiary/aromatic N) is 4. The van der Waals surface area contributed by atoms with Crippen LogP contribution in [0.2, 0.25) is 0 Å². The third-order valence-corrected chi connectivity index (χ3v) is 3.06. The van der Waals surface area contributed by atoms with Gasteiger partial charge < -0.3 is 5.73 Å². The van der Waals surface area contributed by atoms with E-state index in [4.69, 9.17) is 5.73 Å². The van der Waals surface area contributed by atoms with Gasteiger partial charge in [-0.2, -0.15) is 4.80 Å². The molecule has 0 aliphatic carbocycles. The number of benzene rings is 1. The first-order valence-electron chi connectivity index (χ1n) is 6.09. The zero-order chi connectivity index (χ0) is 13.1. The van der Waals surface area contributed by atoms with E-state index in [9.17, 15) is 0 Å². The minimum atomic E-state index is 0.0244. The van der Waals surface area contributed by atoms with Crippen LogP contribution in [0, 0.1) is 13.8 Å². The first-order valence-corrected chi connectivity index (χ1v) is 6.09. The Kier molecular flexibility index (Phi) is 3.72. The molecule has 0 saturated heterocycles. The van der Waals surface area contributed by atoms with Gasteiger partial charge in [-0.3, -0.25) is 0 Å². The van der Waals surface area contributed by atoms with E-state index >= 15 is 0 Å². The third kappa shape index (κ3) is 3.13. The Morgan fingerprint density at radius 3 is 2.61 bits per heavy atom. The van der Waals surface area contributed by atoms with Gasteiger partial charge in [-0.25, -0.2) is 0 Å². The second-order valence-electron chi connectivity index (χ2n) is 4.78. The summed E-state index contributed by atoms with van der Waals surface area (Å²) in [5.41, 5.74) is 9.99. The van der Waals surface area contributed by atoms with Crippen molar-refractivity contribution in [3.63, 3.8) is 0 Å². The van der Waals surface area contributed by atoms with Crippen LogP contribution in [0.5, 0.6) is 0 Å². The molecular weight excluding hydrogens is 226 g/mol. The number of nitrogens with two attached hydrogens (primary N) is 1. The van der Waals surface area contributed by atoms with Gasteiger partial charge in [-0.05, 0) is 42.2 Å². The fourth-order valence-corrected chi connectivity index (χ4v) is 1.94. The van der Waals surface area contributed by atoms with Crippen molar-refractivity contribution in [1.82, 2.24) is 20.2 Å². The molecule has 0 saturated carbocycles. The van der Waals surface area contributed by atoms with Gasteiger partial charge >= 0.3 is 0 Å². The lowest BCUT2D eigenvalue weighted by Gasteiger charge is -2.10. The topological polar surface area (TPSA) is 69.6 Å². The lowest BCUT2D eigenvalue weighted by Crippen LogP contribution is -2.26. The van der Waals surface area contributed by atoms with Gasteiger partial charge in [0.15, 0.2) is 5.82 Å². The summed E-state index contributed by atoms with van der Waals surface area (Å²) in [4.78, 5) is 1.46. The summed E-state index contributed by atoms with van der Waals surface area (Å²) in [7, 11) is 1.76. The molecule has 0 aliphatic heterocycles. The second-order valence-corrected chi connectivity index (χ2v) is 4.78. The molecule has 0 aliphatic rings. The molecule has 1 aromatic carbocycles. The van der Waals surface area contributed by atoms with E-state index in [0.717, 1.165) is 6.42 Å². The van der Waals surface area contributed by atoms with Crippen molar-refractivity contribution in [3.05, 3.63) is 40.7 Å². The van der Waals surface area contributed by atoms with Crippen molar-refractivity contribution in [2.75, 3.05) is 0 Å². The lowest BCUT2D eigenvalue weighted by molar-refractivity contribution is 0.615. The minimum absolute atomic E-state index is 0.0244. The maximum Gasteiger partial charge on any atom is 0.176 e. The molecule has 0 bridgehead atoms. The number of aryl methyl sites for hydroxylation is 3. The van der Waals surface area contributed by atoms with Crippen molar-refractivity contribution in [2.24, 2.45) is 12.8 Å². The van der Waals surface area contributed by atoms with Crippen LogP contribution in [-0.4, -0.2) is 26.2 Å². The molecule has 1 atom stereocenters. The van der Waals surface area contributed by atoms with E-state index in [2.05, 4.69) is 47.5 Å². The Morgan fingerprint density at radius 1 is 1.22 bits per heavy atom. The molecule has 1 unspecified atom stereocenters. The van der Waals surface area contributed by atoms with Gasteiger partial charge in [0, 0.05) is 12.5 Å². The second kappa shape index (κ2) is 5.27. The van der Waals surface area contributed by atoms with Crippen molar-refractivity contribution >= 4 is 0 Å². The van der Waals surface area contributed by atoms with Crippen LogP contribution >= 0.6 is 0 Å². The number of rotatable bonds is 4. The van der Waals surface area contributed by atoms with Crippen LogP contribution in [0.4, 0.5) is 0 Å². The zero-order valence-electron chi connectivity index (χ0n) is 11.1. The Balaban J connectivity index is 1.98. The van der Waals surface area contributed by atoms with Gasteiger partial charge in [0.1, 0.15) is 0 Å². The molecule has 5 heteroatoms. The highest BCUT2D eigenvalue weighted by atomic mass is 15.6. The Bertz CT molecular complexity index is 532. The van der Waals surface area contributed by atoms with Crippen LogP contribution in [0.15, 0.2) is 18.2 Å². The molecule has 18 heavy (non-hydrogen) atoms. The zero-order valence-corrected chi connectivity index (χ0v) is 11.1. The molecule has 1 aromatic heterocycles. The molecule has 0 radical (unpaired) electrons. The Hall–Kier alpha value is -1.75. The number of aromatic nitrogens is 4. The molecule has 5 nitrogen and oxygen atoms in total. The van der Waals surface area contributed by atoms with Gasteiger partial charge in [0.05, 0.1) is 7.05 Å². The van der Waals surface area contributed by atoms with Crippen molar-refractivity contribution in [1.29, 1.82) is 0 Å². The smallest absolute Gasteiger partial charge is 0.176 e.